The van der Waals surface area contributed by atoms with E-state index in [1.54, 1.807) is 12.1 Å². The van der Waals surface area contributed by atoms with E-state index in [-0.39, 0.29) is 5.97 Å². The Balaban J connectivity index is 1.62. The fraction of sp³-hybridized carbons (Fsp3) is 0.300. The van der Waals surface area contributed by atoms with Crippen LogP contribution in [-0.2, 0) is 16.1 Å². The van der Waals surface area contributed by atoms with Crippen LogP contribution in [0.1, 0.15) is 21.5 Å². The van der Waals surface area contributed by atoms with Gasteiger partial charge in [-0.3, -0.25) is 5.01 Å². The number of benzene rings is 2. The van der Waals surface area contributed by atoms with Crippen molar-refractivity contribution in [1.29, 1.82) is 0 Å². The molecule has 6 heteroatoms. The maximum Gasteiger partial charge on any atom is 0.337 e. The molecule has 3 rings (SSSR count). The number of hydrogen-bond donors (Lipinski definition) is 0. The van der Waals surface area contributed by atoms with E-state index >= 15 is 0 Å². The number of morpholine rings is 1. The predicted octanol–water partition coefficient (Wildman–Crippen LogP) is 2.72. The molecule has 0 aromatic heterocycles. The van der Waals surface area contributed by atoms with E-state index in [0.29, 0.717) is 25.4 Å². The number of hydrogen-bond acceptors (Lipinski definition) is 6. The average Bonchev–Trinajstić information content (AvgIpc) is 2.72. The summed E-state index contributed by atoms with van der Waals surface area (Å²) in [5.41, 5.74) is 2.41. The van der Waals surface area contributed by atoms with Gasteiger partial charge >= 0.3 is 5.97 Å². The maximum absolute atomic E-state index is 11.5. The summed E-state index contributed by atoms with van der Waals surface area (Å²) in [5, 5.41) is 6.50. The summed E-state index contributed by atoms with van der Waals surface area (Å²) >= 11 is 0. The van der Waals surface area contributed by atoms with E-state index < -0.39 is 0 Å². The molecule has 0 amide bonds. The largest absolute Gasteiger partial charge is 0.488 e. The lowest BCUT2D eigenvalue weighted by molar-refractivity contribution is 0.0396. The number of carbonyl (C=O) groups excluding carboxylic acids is 1. The second-order valence-corrected chi connectivity index (χ2v) is 5.83. The third-order valence-corrected chi connectivity index (χ3v) is 4.04. The van der Waals surface area contributed by atoms with Gasteiger partial charge < -0.3 is 14.2 Å². The highest BCUT2D eigenvalue weighted by molar-refractivity contribution is 5.89. The molecule has 136 valence electrons. The van der Waals surface area contributed by atoms with Crippen molar-refractivity contribution in [3.63, 3.8) is 0 Å². The summed E-state index contributed by atoms with van der Waals surface area (Å²) in [5.74, 6) is 0.420. The molecule has 26 heavy (non-hydrogen) atoms. The first-order valence-electron chi connectivity index (χ1n) is 8.52. The SMILES string of the molecule is COC(=O)c1ccc(COc2ccccc2/C=N/N2CCOCC2)cc1. The number of ether oxygens (including phenoxy) is 3. The Bertz CT molecular complexity index is 753. The fourth-order valence-electron chi connectivity index (χ4n) is 2.55. The van der Waals surface area contributed by atoms with Gasteiger partial charge in [0.2, 0.25) is 0 Å². The van der Waals surface area contributed by atoms with Crippen molar-refractivity contribution in [3.8, 4) is 5.75 Å². The molecule has 6 nitrogen and oxygen atoms in total. The van der Waals surface area contributed by atoms with Gasteiger partial charge in [-0.2, -0.15) is 5.10 Å². The Morgan fingerprint density at radius 1 is 1.15 bits per heavy atom. The van der Waals surface area contributed by atoms with Crippen LogP contribution in [-0.4, -0.2) is 50.6 Å². The Morgan fingerprint density at radius 2 is 1.88 bits per heavy atom. The first-order valence-corrected chi connectivity index (χ1v) is 8.52. The molecule has 0 N–H and O–H groups in total. The van der Waals surface area contributed by atoms with Crippen LogP contribution in [0.25, 0.3) is 0 Å². The standard InChI is InChI=1S/C20H22N2O4/c1-24-20(23)17-8-6-16(7-9-17)15-26-19-5-3-2-4-18(19)14-21-22-10-12-25-13-11-22/h2-9,14H,10-13,15H2,1H3/b21-14+. The van der Waals surface area contributed by atoms with Crippen molar-refractivity contribution in [1.82, 2.24) is 5.01 Å². The van der Waals surface area contributed by atoms with Crippen LogP contribution in [0.5, 0.6) is 5.75 Å². The summed E-state index contributed by atoms with van der Waals surface area (Å²) in [7, 11) is 1.37. The van der Waals surface area contributed by atoms with Crippen molar-refractivity contribution >= 4 is 12.2 Å². The van der Waals surface area contributed by atoms with Crippen LogP contribution in [0.3, 0.4) is 0 Å². The first kappa shape index (κ1) is 17.9. The maximum atomic E-state index is 11.5. The van der Waals surface area contributed by atoms with Crippen molar-refractivity contribution in [2.45, 2.75) is 6.61 Å². The summed E-state index contributed by atoms with van der Waals surface area (Å²) in [6.45, 7) is 3.41. The first-order chi connectivity index (χ1) is 12.8. The molecule has 0 radical (unpaired) electrons. The normalized spacial score (nSPS) is 14.4. The highest BCUT2D eigenvalue weighted by atomic mass is 16.5. The van der Waals surface area contributed by atoms with Gasteiger partial charge in [0.05, 0.1) is 45.2 Å². The summed E-state index contributed by atoms with van der Waals surface area (Å²) in [6, 6.07) is 15.0. The molecule has 1 fully saturated rings. The molecule has 0 unspecified atom stereocenters. The molecule has 1 saturated heterocycles. The number of nitrogens with zero attached hydrogens (tertiary/aromatic N) is 2. The predicted molar refractivity (Wildman–Crippen MR) is 98.5 cm³/mol. The van der Waals surface area contributed by atoms with Gasteiger partial charge in [0.15, 0.2) is 0 Å². The third kappa shape index (κ3) is 4.83. The van der Waals surface area contributed by atoms with Crippen molar-refractivity contribution in [2.75, 3.05) is 33.4 Å². The van der Waals surface area contributed by atoms with Crippen LogP contribution in [0.15, 0.2) is 53.6 Å². The van der Waals surface area contributed by atoms with Gasteiger partial charge in [0.1, 0.15) is 12.4 Å². The molecule has 2 aromatic rings. The summed E-state index contributed by atoms with van der Waals surface area (Å²) < 4.78 is 16.0. The quantitative estimate of drug-likeness (QED) is 0.590. The number of para-hydroxylation sites is 1. The molecule has 0 atom stereocenters. The zero-order valence-corrected chi connectivity index (χ0v) is 14.8. The number of esters is 1. The lowest BCUT2D eigenvalue weighted by Crippen LogP contribution is -2.32. The van der Waals surface area contributed by atoms with Gasteiger partial charge in [-0.1, -0.05) is 24.3 Å². The molecular formula is C20H22N2O4. The lowest BCUT2D eigenvalue weighted by atomic mass is 10.1. The smallest absolute Gasteiger partial charge is 0.337 e. The molecule has 0 saturated carbocycles. The van der Waals surface area contributed by atoms with Gasteiger partial charge in [0, 0.05) is 5.56 Å². The van der Waals surface area contributed by atoms with E-state index in [1.807, 2.05) is 47.6 Å². The number of methoxy groups -OCH3 is 1. The molecule has 0 aliphatic carbocycles. The summed E-state index contributed by atoms with van der Waals surface area (Å²) in [6.07, 6.45) is 1.82. The van der Waals surface area contributed by atoms with E-state index in [2.05, 4.69) is 5.10 Å². The van der Waals surface area contributed by atoms with Crippen molar-refractivity contribution < 1.29 is 19.0 Å². The highest BCUT2D eigenvalue weighted by Crippen LogP contribution is 2.18. The monoisotopic (exact) mass is 354 g/mol. The number of carbonyl (C=O) groups is 1. The molecule has 1 heterocycles. The molecule has 2 aromatic carbocycles. The second kappa shape index (κ2) is 9.01. The molecule has 0 bridgehead atoms. The van der Waals surface area contributed by atoms with Crippen LogP contribution in [0.2, 0.25) is 0 Å². The van der Waals surface area contributed by atoms with Gasteiger partial charge in [-0.15, -0.1) is 0 Å². The van der Waals surface area contributed by atoms with Gasteiger partial charge in [-0.25, -0.2) is 4.79 Å². The molecular weight excluding hydrogens is 332 g/mol. The minimum atomic E-state index is -0.345. The Morgan fingerprint density at radius 3 is 2.62 bits per heavy atom. The lowest BCUT2D eigenvalue weighted by Gasteiger charge is -2.23. The third-order valence-electron chi connectivity index (χ3n) is 4.04. The van der Waals surface area contributed by atoms with Crippen LogP contribution >= 0.6 is 0 Å². The number of hydrazone groups is 1. The van der Waals surface area contributed by atoms with Gasteiger partial charge in [-0.05, 0) is 29.8 Å². The zero-order valence-electron chi connectivity index (χ0n) is 14.8. The molecule has 1 aliphatic rings. The topological polar surface area (TPSA) is 60.4 Å². The van der Waals surface area contributed by atoms with Gasteiger partial charge in [0.25, 0.3) is 0 Å². The minimum absolute atomic E-state index is 0.345. The number of rotatable bonds is 6. The molecule has 0 spiro atoms. The average molecular weight is 354 g/mol. The molecule has 1 aliphatic heterocycles. The van der Waals surface area contributed by atoms with E-state index in [4.69, 9.17) is 14.2 Å². The van der Waals surface area contributed by atoms with E-state index in [0.717, 1.165) is 30.0 Å². The Labute approximate surface area is 153 Å². The second-order valence-electron chi connectivity index (χ2n) is 5.83. The van der Waals surface area contributed by atoms with Crippen molar-refractivity contribution in [2.24, 2.45) is 5.10 Å². The van der Waals surface area contributed by atoms with Crippen LogP contribution in [0, 0.1) is 0 Å². The van der Waals surface area contributed by atoms with Crippen LogP contribution in [0.4, 0.5) is 0 Å². The fourth-order valence-corrected chi connectivity index (χ4v) is 2.55. The van der Waals surface area contributed by atoms with Crippen molar-refractivity contribution in [3.05, 3.63) is 65.2 Å². The Hall–Kier alpha value is -2.86. The minimum Gasteiger partial charge on any atom is -0.488 e. The summed E-state index contributed by atoms with van der Waals surface area (Å²) in [4.78, 5) is 11.5. The van der Waals surface area contributed by atoms with E-state index in [9.17, 15) is 4.79 Å². The Kier molecular flexibility index (Phi) is 6.22. The highest BCUT2D eigenvalue weighted by Gasteiger charge is 2.08. The van der Waals surface area contributed by atoms with E-state index in [1.165, 1.54) is 7.11 Å². The zero-order chi connectivity index (χ0) is 18.2. The van der Waals surface area contributed by atoms with Crippen LogP contribution < -0.4 is 4.74 Å².